The van der Waals surface area contributed by atoms with Crippen molar-refractivity contribution in [1.29, 1.82) is 0 Å². The van der Waals surface area contributed by atoms with Crippen LogP contribution in [-0.2, 0) is 19.1 Å². The summed E-state index contributed by atoms with van der Waals surface area (Å²) < 4.78 is 12.1. The molecule has 8 rings (SSSR count). The third-order valence-corrected chi connectivity index (χ3v) is 13.1. The minimum Gasteiger partial charge on any atom is -0.354 e. The maximum absolute atomic E-state index is 13.5. The molecule has 4 aromatic rings. The predicted octanol–water partition coefficient (Wildman–Crippen LogP) is 10.6. The van der Waals surface area contributed by atoms with Gasteiger partial charge in [-0.25, -0.2) is 0 Å². The van der Waals surface area contributed by atoms with Gasteiger partial charge in [-0.3, -0.25) is 9.59 Å². The molecule has 6 atom stereocenters. The number of benzene rings is 4. The summed E-state index contributed by atoms with van der Waals surface area (Å²) in [5.41, 5.74) is 3.87. The molecule has 0 bridgehead atoms. The average Bonchev–Trinajstić information content (AvgIpc) is 3.86. The highest BCUT2D eigenvalue weighted by molar-refractivity contribution is 5.94. The van der Waals surface area contributed by atoms with Crippen LogP contribution in [-0.4, -0.2) is 58.4 Å². The van der Waals surface area contributed by atoms with Crippen molar-refractivity contribution in [1.82, 2.24) is 9.80 Å². The molecule has 4 aliphatic rings. The van der Waals surface area contributed by atoms with E-state index in [0.717, 1.165) is 18.4 Å². The number of nitrogens with zero attached hydrogens (tertiary/aromatic N) is 2. The smallest absolute Gasteiger partial charge is 0.229 e. The second kappa shape index (κ2) is 15.6. The molecule has 6 heteroatoms. The van der Waals surface area contributed by atoms with E-state index in [9.17, 15) is 9.59 Å². The van der Waals surface area contributed by atoms with E-state index in [4.69, 9.17) is 9.47 Å². The number of fused-ring (bicyclic) bond motifs is 4. The highest BCUT2D eigenvalue weighted by Crippen LogP contribution is 2.52. The molecule has 0 aliphatic carbocycles. The molecular formula is C50H62N2O4. The molecule has 4 saturated heterocycles. The van der Waals surface area contributed by atoms with E-state index >= 15 is 0 Å². The summed E-state index contributed by atoms with van der Waals surface area (Å²) in [5, 5.41) is 4.97. The zero-order chi connectivity index (χ0) is 40.1. The monoisotopic (exact) mass is 754 g/mol. The van der Waals surface area contributed by atoms with Crippen LogP contribution < -0.4 is 0 Å². The van der Waals surface area contributed by atoms with Crippen molar-refractivity contribution in [3.63, 3.8) is 0 Å². The molecule has 0 radical (unpaired) electrons. The predicted molar refractivity (Wildman–Crippen MR) is 227 cm³/mol. The van der Waals surface area contributed by atoms with E-state index in [1.807, 2.05) is 37.5 Å². The highest BCUT2D eigenvalue weighted by atomic mass is 16.5. The van der Waals surface area contributed by atoms with E-state index in [2.05, 4.69) is 126 Å². The third kappa shape index (κ3) is 6.94. The first-order valence-electron chi connectivity index (χ1n) is 21.1. The molecule has 0 spiro atoms. The fraction of sp³-hybridized carbons (Fsp3) is 0.520. The number of unbranched alkanes of at least 4 members (excludes halogenated alkanes) is 3. The fourth-order valence-corrected chi connectivity index (χ4v) is 10.5. The van der Waals surface area contributed by atoms with Crippen LogP contribution >= 0.6 is 0 Å². The summed E-state index contributed by atoms with van der Waals surface area (Å²) in [5.74, 6) is 8.14. The Balaban J connectivity index is 0.000000175. The van der Waals surface area contributed by atoms with Crippen LogP contribution in [0.15, 0.2) is 72.8 Å². The first-order valence-corrected chi connectivity index (χ1v) is 21.1. The van der Waals surface area contributed by atoms with Crippen LogP contribution in [0.2, 0.25) is 0 Å². The van der Waals surface area contributed by atoms with Crippen molar-refractivity contribution in [3.8, 4) is 11.8 Å². The fourth-order valence-electron chi connectivity index (χ4n) is 10.5. The van der Waals surface area contributed by atoms with Gasteiger partial charge in [-0.2, -0.15) is 0 Å². The molecule has 6 nitrogen and oxygen atoms in total. The van der Waals surface area contributed by atoms with Gasteiger partial charge in [0.05, 0.1) is 25.3 Å². The third-order valence-electron chi connectivity index (χ3n) is 13.1. The van der Waals surface area contributed by atoms with Crippen LogP contribution in [0.25, 0.3) is 21.5 Å². The molecule has 4 heterocycles. The summed E-state index contributed by atoms with van der Waals surface area (Å²) in [7, 11) is 0. The van der Waals surface area contributed by atoms with Gasteiger partial charge in [0.2, 0.25) is 11.8 Å². The van der Waals surface area contributed by atoms with Gasteiger partial charge in [0.1, 0.15) is 11.4 Å². The molecule has 56 heavy (non-hydrogen) atoms. The zero-order valence-electron chi connectivity index (χ0n) is 35.3. The second-order valence-corrected chi connectivity index (χ2v) is 18.2. The SMILES string of the molecule is CCCCCC#Cc1ccc([C@@H]2C3COC(C)(C)N3C(=O)[C@@H]2C(C)C)c2ccccc12.Cc1ccc([C@@H]2C3COC(C)(C)N3C(=O)[C@@H]2C(C)C)c2ccccc12. The van der Waals surface area contributed by atoms with Gasteiger partial charge in [0, 0.05) is 35.7 Å². The number of amides is 2. The Hall–Kier alpha value is -4.18. The molecular weight excluding hydrogens is 693 g/mol. The minimum absolute atomic E-state index is 0.0132. The summed E-state index contributed by atoms with van der Waals surface area (Å²) in [4.78, 5) is 30.8. The maximum atomic E-state index is 13.5. The standard InChI is InChI=1S/C28H35NO2.C22H27NO2/c1-6-7-8-9-10-13-20-16-17-23(22-15-12-11-14-21(20)22)26-24-18-31-28(4,5)29(24)27(30)25(26)19(2)3;1-13(2)19-20(18-12-25-22(4,5)23(18)21(19)24)17-11-10-14(3)15-8-6-7-9-16(15)17/h11-12,14-17,19,24-26H,6-9,18H2,1-5H3;6-11,13,18-20H,12H2,1-5H3/t24?,25-,26-;18?,19-,20-/m11/s1. The number of rotatable bonds is 7. The Bertz CT molecular complexity index is 2170. The van der Waals surface area contributed by atoms with Crippen molar-refractivity contribution in [2.45, 2.75) is 130 Å². The van der Waals surface area contributed by atoms with Gasteiger partial charge in [0.25, 0.3) is 0 Å². The molecule has 4 aliphatic heterocycles. The summed E-state index contributed by atoms with van der Waals surface area (Å²) in [6, 6.07) is 26.1. The van der Waals surface area contributed by atoms with Crippen molar-refractivity contribution < 1.29 is 19.1 Å². The van der Waals surface area contributed by atoms with E-state index in [1.54, 1.807) is 0 Å². The molecule has 2 unspecified atom stereocenters. The van der Waals surface area contributed by atoms with Crippen molar-refractivity contribution >= 4 is 33.4 Å². The van der Waals surface area contributed by atoms with Gasteiger partial charge < -0.3 is 19.3 Å². The Labute approximate surface area is 335 Å². The van der Waals surface area contributed by atoms with Gasteiger partial charge in [-0.05, 0) is 97.2 Å². The number of aryl methyl sites for hydroxylation is 1. The van der Waals surface area contributed by atoms with Crippen molar-refractivity contribution in [2.75, 3.05) is 13.2 Å². The average molecular weight is 755 g/mol. The van der Waals surface area contributed by atoms with Crippen molar-refractivity contribution in [2.24, 2.45) is 23.7 Å². The summed E-state index contributed by atoms with van der Waals surface area (Å²) in [6.45, 7) is 22.3. The number of carbonyl (C=O) groups excluding carboxylic acids is 2. The largest absolute Gasteiger partial charge is 0.354 e. The van der Waals surface area contributed by atoms with Crippen molar-refractivity contribution in [3.05, 3.63) is 95.1 Å². The minimum atomic E-state index is -0.538. The number of ether oxygens (including phenoxy) is 2. The topological polar surface area (TPSA) is 59.1 Å². The molecule has 2 amide bonds. The molecule has 296 valence electrons. The summed E-state index contributed by atoms with van der Waals surface area (Å²) in [6.07, 6.45) is 4.55. The lowest BCUT2D eigenvalue weighted by atomic mass is 9.76. The lowest BCUT2D eigenvalue weighted by Crippen LogP contribution is -2.44. The lowest BCUT2D eigenvalue weighted by Gasteiger charge is -2.30. The van der Waals surface area contributed by atoms with Gasteiger partial charge >= 0.3 is 0 Å². The summed E-state index contributed by atoms with van der Waals surface area (Å²) >= 11 is 0. The molecule has 0 saturated carbocycles. The second-order valence-electron chi connectivity index (χ2n) is 18.2. The number of hydrogen-bond acceptors (Lipinski definition) is 4. The highest BCUT2D eigenvalue weighted by Gasteiger charge is 2.59. The number of carbonyl (C=O) groups is 2. The van der Waals surface area contributed by atoms with Gasteiger partial charge in [-0.15, -0.1) is 0 Å². The van der Waals surface area contributed by atoms with E-state index < -0.39 is 11.4 Å². The van der Waals surface area contributed by atoms with Crippen LogP contribution in [0.1, 0.15) is 122 Å². The molecule has 0 aromatic heterocycles. The quantitative estimate of drug-likeness (QED) is 0.139. The first kappa shape index (κ1) is 40.0. The molecule has 4 aromatic carbocycles. The Morgan fingerprint density at radius 3 is 1.62 bits per heavy atom. The van der Waals surface area contributed by atoms with Crippen LogP contribution in [0.5, 0.6) is 0 Å². The van der Waals surface area contributed by atoms with Crippen LogP contribution in [0, 0.1) is 42.4 Å². The first-order chi connectivity index (χ1) is 26.7. The van der Waals surface area contributed by atoms with E-state index in [0.29, 0.717) is 19.1 Å². The maximum Gasteiger partial charge on any atom is 0.229 e. The molecule has 0 N–H and O–H groups in total. The lowest BCUT2D eigenvalue weighted by molar-refractivity contribution is -0.147. The molecule has 4 fully saturated rings. The van der Waals surface area contributed by atoms with Gasteiger partial charge in [-0.1, -0.05) is 126 Å². The Kier molecular flexibility index (Phi) is 11.2. The normalized spacial score (nSPS) is 26.1. The van der Waals surface area contributed by atoms with E-state index in [1.165, 1.54) is 51.1 Å². The zero-order valence-corrected chi connectivity index (χ0v) is 35.3. The Morgan fingerprint density at radius 2 is 1.12 bits per heavy atom. The Morgan fingerprint density at radius 1 is 0.661 bits per heavy atom. The van der Waals surface area contributed by atoms with E-state index in [-0.39, 0.29) is 53.5 Å². The number of hydrogen-bond donors (Lipinski definition) is 0. The van der Waals surface area contributed by atoms with Crippen LogP contribution in [0.4, 0.5) is 0 Å². The van der Waals surface area contributed by atoms with Crippen LogP contribution in [0.3, 0.4) is 0 Å². The van der Waals surface area contributed by atoms with Gasteiger partial charge in [0.15, 0.2) is 0 Å².